The second-order valence-corrected chi connectivity index (χ2v) is 6.56. The van der Waals surface area contributed by atoms with Gasteiger partial charge in [-0.05, 0) is 6.07 Å². The summed E-state index contributed by atoms with van der Waals surface area (Å²) in [5, 5.41) is 0.805. The van der Waals surface area contributed by atoms with E-state index in [1.165, 1.54) is 11.5 Å². The van der Waals surface area contributed by atoms with Crippen LogP contribution >= 0.6 is 23.1 Å². The lowest BCUT2D eigenvalue weighted by atomic mass is 10.2. The molecule has 1 fully saturated rings. The molecule has 0 saturated carbocycles. The van der Waals surface area contributed by atoms with Crippen molar-refractivity contribution in [3.8, 4) is 0 Å². The van der Waals surface area contributed by atoms with Gasteiger partial charge in [0, 0.05) is 51.0 Å². The van der Waals surface area contributed by atoms with Crippen molar-refractivity contribution in [1.82, 2.24) is 14.3 Å². The van der Waals surface area contributed by atoms with Gasteiger partial charge in [0.05, 0.1) is 10.6 Å². The number of piperazine rings is 1. The van der Waals surface area contributed by atoms with Crippen LogP contribution in [0.15, 0.2) is 12.3 Å². The minimum atomic E-state index is -4.45. The van der Waals surface area contributed by atoms with Gasteiger partial charge in [0.2, 0.25) is 5.13 Å². The zero-order valence-electron chi connectivity index (χ0n) is 13.3. The predicted octanol–water partition coefficient (Wildman–Crippen LogP) is 3.08. The molecule has 0 atom stereocenters. The van der Waals surface area contributed by atoms with E-state index in [0.29, 0.717) is 44.4 Å². The zero-order chi connectivity index (χ0) is 18.0. The Morgan fingerprint density at radius 3 is 2.52 bits per heavy atom. The summed E-state index contributed by atoms with van der Waals surface area (Å²) in [7, 11) is 1.58. The number of pyridine rings is 1. The van der Waals surface area contributed by atoms with Crippen LogP contribution in [0.1, 0.15) is 11.4 Å². The third kappa shape index (κ3) is 4.13. The van der Waals surface area contributed by atoms with Crippen molar-refractivity contribution >= 4 is 34.1 Å². The number of anilines is 2. The average molecular weight is 394 g/mol. The Labute approximate surface area is 151 Å². The number of alkyl halides is 3. The van der Waals surface area contributed by atoms with E-state index in [4.69, 9.17) is 16.3 Å². The molecule has 1 aliphatic heterocycles. The lowest BCUT2D eigenvalue weighted by Gasteiger charge is -2.35. The Bertz CT molecular complexity index is 733. The lowest BCUT2D eigenvalue weighted by Crippen LogP contribution is -2.47. The first-order valence-corrected chi connectivity index (χ1v) is 8.58. The first-order chi connectivity index (χ1) is 11.9. The van der Waals surface area contributed by atoms with E-state index in [1.807, 2.05) is 4.90 Å². The normalized spacial score (nSPS) is 15.7. The van der Waals surface area contributed by atoms with Crippen molar-refractivity contribution in [3.63, 3.8) is 0 Å². The zero-order valence-corrected chi connectivity index (χ0v) is 14.8. The van der Waals surface area contributed by atoms with Crippen LogP contribution in [0.4, 0.5) is 24.1 Å². The van der Waals surface area contributed by atoms with E-state index >= 15 is 0 Å². The van der Waals surface area contributed by atoms with Gasteiger partial charge in [-0.2, -0.15) is 17.5 Å². The molecular formula is C14H15ClF3N5OS. The van der Waals surface area contributed by atoms with E-state index in [2.05, 4.69) is 19.2 Å². The number of methoxy groups -OCH3 is 1. The summed E-state index contributed by atoms with van der Waals surface area (Å²) < 4.78 is 47.3. The maximum atomic E-state index is 12.7. The summed E-state index contributed by atoms with van der Waals surface area (Å²) >= 11 is 7.31. The maximum absolute atomic E-state index is 12.7. The van der Waals surface area contributed by atoms with Crippen LogP contribution in [-0.2, 0) is 17.5 Å². The van der Waals surface area contributed by atoms with Crippen LogP contribution in [0.5, 0.6) is 0 Å². The number of rotatable bonds is 4. The first-order valence-electron chi connectivity index (χ1n) is 7.42. The summed E-state index contributed by atoms with van der Waals surface area (Å²) in [6, 6.07) is 0.915. The van der Waals surface area contributed by atoms with E-state index in [1.54, 1.807) is 7.11 Å². The first kappa shape index (κ1) is 18.2. The van der Waals surface area contributed by atoms with Gasteiger partial charge in [0.1, 0.15) is 12.4 Å². The summed E-state index contributed by atoms with van der Waals surface area (Å²) in [6.45, 7) is 2.83. The molecule has 1 saturated heterocycles. The second kappa shape index (κ2) is 7.30. The van der Waals surface area contributed by atoms with Crippen LogP contribution in [0.25, 0.3) is 0 Å². The van der Waals surface area contributed by atoms with Gasteiger partial charge < -0.3 is 14.5 Å². The minimum Gasteiger partial charge on any atom is -0.377 e. The largest absolute Gasteiger partial charge is 0.417 e. The molecule has 3 heterocycles. The molecule has 6 nitrogen and oxygen atoms in total. The number of hydrogen-bond acceptors (Lipinski definition) is 7. The third-order valence-corrected chi connectivity index (χ3v) is 4.82. The van der Waals surface area contributed by atoms with E-state index in [-0.39, 0.29) is 5.02 Å². The topological polar surface area (TPSA) is 54.4 Å². The fraction of sp³-hybridized carbons (Fsp3) is 0.500. The Kier molecular flexibility index (Phi) is 5.30. The van der Waals surface area contributed by atoms with Crippen molar-refractivity contribution in [2.24, 2.45) is 0 Å². The predicted molar refractivity (Wildman–Crippen MR) is 89.3 cm³/mol. The van der Waals surface area contributed by atoms with Gasteiger partial charge in [0.15, 0.2) is 5.82 Å². The average Bonchev–Trinajstić information content (AvgIpc) is 3.03. The Hall–Kier alpha value is -1.65. The fourth-order valence-corrected chi connectivity index (χ4v) is 3.50. The highest BCUT2D eigenvalue weighted by molar-refractivity contribution is 7.09. The number of halogens is 4. The quantitative estimate of drug-likeness (QED) is 0.795. The molecule has 0 unspecified atom stereocenters. The maximum Gasteiger partial charge on any atom is 0.417 e. The third-order valence-electron chi connectivity index (χ3n) is 3.73. The van der Waals surface area contributed by atoms with Crippen molar-refractivity contribution in [3.05, 3.63) is 28.7 Å². The van der Waals surface area contributed by atoms with Gasteiger partial charge in [-0.25, -0.2) is 9.97 Å². The van der Waals surface area contributed by atoms with E-state index in [9.17, 15) is 13.2 Å². The molecule has 2 aromatic rings. The smallest absolute Gasteiger partial charge is 0.377 e. The standard InChI is InChI=1S/C14H15ClF3N5OS/c1-24-8-11-20-13(25-21-11)23-4-2-22(3-5-23)12-10(15)6-9(7-19-12)14(16,17)18/h6-7H,2-5,8H2,1H3. The van der Waals surface area contributed by atoms with E-state index in [0.717, 1.165) is 17.4 Å². The van der Waals surface area contributed by atoms with Gasteiger partial charge >= 0.3 is 6.18 Å². The molecule has 2 aromatic heterocycles. The summed E-state index contributed by atoms with van der Waals surface area (Å²) in [5.74, 6) is 1.00. The fourth-order valence-electron chi connectivity index (χ4n) is 2.49. The Balaban J connectivity index is 1.65. The van der Waals surface area contributed by atoms with Crippen LogP contribution in [0.3, 0.4) is 0 Å². The molecule has 1 aliphatic rings. The second-order valence-electron chi connectivity index (χ2n) is 5.43. The summed E-state index contributed by atoms with van der Waals surface area (Å²) in [6.07, 6.45) is -3.64. The van der Waals surface area contributed by atoms with Crippen LogP contribution < -0.4 is 9.80 Å². The van der Waals surface area contributed by atoms with Crippen LogP contribution in [-0.4, -0.2) is 47.6 Å². The molecule has 0 N–H and O–H groups in total. The van der Waals surface area contributed by atoms with Gasteiger partial charge in [-0.15, -0.1) is 0 Å². The molecule has 0 bridgehead atoms. The van der Waals surface area contributed by atoms with Gasteiger partial charge in [-0.3, -0.25) is 0 Å². The monoisotopic (exact) mass is 393 g/mol. The van der Waals surface area contributed by atoms with Gasteiger partial charge in [0.25, 0.3) is 0 Å². The highest BCUT2D eigenvalue weighted by atomic mass is 35.5. The Morgan fingerprint density at radius 2 is 1.92 bits per heavy atom. The molecule has 0 spiro atoms. The lowest BCUT2D eigenvalue weighted by molar-refractivity contribution is -0.137. The number of nitrogens with zero attached hydrogens (tertiary/aromatic N) is 5. The molecule has 25 heavy (non-hydrogen) atoms. The highest BCUT2D eigenvalue weighted by Gasteiger charge is 2.32. The highest BCUT2D eigenvalue weighted by Crippen LogP contribution is 2.34. The SMILES string of the molecule is COCc1nsc(N2CCN(c3ncc(C(F)(F)F)cc3Cl)CC2)n1. The van der Waals surface area contributed by atoms with Crippen LogP contribution in [0.2, 0.25) is 5.02 Å². The van der Waals surface area contributed by atoms with Crippen LogP contribution in [0, 0.1) is 0 Å². The number of hydrogen-bond donors (Lipinski definition) is 0. The molecule has 0 aliphatic carbocycles. The minimum absolute atomic E-state index is 0.00145. The summed E-state index contributed by atoms with van der Waals surface area (Å²) in [4.78, 5) is 12.3. The molecule has 3 rings (SSSR count). The number of ether oxygens (including phenoxy) is 1. The van der Waals surface area contributed by atoms with Crippen molar-refractivity contribution in [1.29, 1.82) is 0 Å². The van der Waals surface area contributed by atoms with E-state index < -0.39 is 11.7 Å². The molecule has 11 heteroatoms. The van der Waals surface area contributed by atoms with Gasteiger partial charge in [-0.1, -0.05) is 11.6 Å². The summed E-state index contributed by atoms with van der Waals surface area (Å²) in [5.41, 5.74) is -0.848. The molecule has 0 amide bonds. The molecule has 136 valence electrons. The molecule has 0 aromatic carbocycles. The van der Waals surface area contributed by atoms with Crippen molar-refractivity contribution in [2.45, 2.75) is 12.8 Å². The van der Waals surface area contributed by atoms with Crippen molar-refractivity contribution in [2.75, 3.05) is 43.1 Å². The number of aromatic nitrogens is 3. The van der Waals surface area contributed by atoms with Crippen molar-refractivity contribution < 1.29 is 17.9 Å². The molecule has 0 radical (unpaired) electrons. The Morgan fingerprint density at radius 1 is 1.24 bits per heavy atom. The molecular weight excluding hydrogens is 379 g/mol.